The summed E-state index contributed by atoms with van der Waals surface area (Å²) in [6.45, 7) is 7.12. The van der Waals surface area contributed by atoms with E-state index in [0.717, 1.165) is 25.5 Å². The molecule has 2 heterocycles. The predicted molar refractivity (Wildman–Crippen MR) is 85.8 cm³/mol. The van der Waals surface area contributed by atoms with E-state index in [1.54, 1.807) is 0 Å². The van der Waals surface area contributed by atoms with Crippen LogP contribution in [-0.4, -0.2) is 37.3 Å². The lowest BCUT2D eigenvalue weighted by molar-refractivity contribution is 0.0253. The summed E-state index contributed by atoms with van der Waals surface area (Å²) in [6.07, 6.45) is 4.13. The Bertz CT molecular complexity index is 489. The lowest BCUT2D eigenvalue weighted by Gasteiger charge is -2.39. The zero-order valence-corrected chi connectivity index (χ0v) is 13.4. The van der Waals surface area contributed by atoms with Gasteiger partial charge >= 0.3 is 0 Å². The summed E-state index contributed by atoms with van der Waals surface area (Å²) in [5.41, 5.74) is 2.52. The van der Waals surface area contributed by atoms with Gasteiger partial charge in [-0.3, -0.25) is 0 Å². The van der Waals surface area contributed by atoms with Gasteiger partial charge in [0, 0.05) is 18.8 Å². The van der Waals surface area contributed by atoms with Crippen LogP contribution in [0.5, 0.6) is 0 Å². The number of nitrogens with one attached hydrogen (secondary N) is 1. The number of anilines is 1. The van der Waals surface area contributed by atoms with Crippen molar-refractivity contribution in [2.24, 2.45) is 0 Å². The Morgan fingerprint density at radius 3 is 3.00 bits per heavy atom. The van der Waals surface area contributed by atoms with Crippen molar-refractivity contribution in [1.29, 1.82) is 0 Å². The van der Waals surface area contributed by atoms with Gasteiger partial charge in [0.05, 0.1) is 18.8 Å². The Hall–Kier alpha value is -1.13. The van der Waals surface area contributed by atoms with Crippen LogP contribution in [0.25, 0.3) is 0 Å². The molecular formula is C17H27N3O. The van der Waals surface area contributed by atoms with Crippen LogP contribution in [0.15, 0.2) is 12.1 Å². The highest BCUT2D eigenvalue weighted by Crippen LogP contribution is 2.33. The van der Waals surface area contributed by atoms with Crippen LogP contribution in [0.3, 0.4) is 0 Å². The van der Waals surface area contributed by atoms with Crippen LogP contribution < -0.4 is 10.2 Å². The number of morpholine rings is 1. The third kappa shape index (κ3) is 3.06. The second-order valence-corrected chi connectivity index (χ2v) is 6.54. The lowest BCUT2D eigenvalue weighted by Crippen LogP contribution is -2.49. The third-order valence-corrected chi connectivity index (χ3v) is 4.64. The maximum absolute atomic E-state index is 5.93. The fourth-order valence-corrected chi connectivity index (χ4v) is 3.55. The van der Waals surface area contributed by atoms with Crippen molar-refractivity contribution in [3.63, 3.8) is 0 Å². The van der Waals surface area contributed by atoms with Gasteiger partial charge in [-0.05, 0) is 49.9 Å². The molecule has 3 rings (SSSR count). The fourth-order valence-electron chi connectivity index (χ4n) is 3.55. The van der Waals surface area contributed by atoms with Crippen molar-refractivity contribution in [1.82, 2.24) is 10.3 Å². The molecule has 0 amide bonds. The number of hydrogen-bond acceptors (Lipinski definition) is 4. The first-order valence-corrected chi connectivity index (χ1v) is 8.22. The van der Waals surface area contributed by atoms with Crippen LogP contribution in [0.2, 0.25) is 0 Å². The normalized spacial score (nSPS) is 25.4. The molecule has 4 heteroatoms. The molecule has 1 N–H and O–H groups in total. The molecule has 0 bridgehead atoms. The number of hydrogen-bond donors (Lipinski definition) is 1. The standard InChI is InChI=1S/C17H27N3O/c1-12(2)14-9-13(11-18-3)10-17(19-14)20-7-8-21-16-6-4-5-15(16)20/h9-10,12,15-16,18H,4-8,11H2,1-3H3. The van der Waals surface area contributed by atoms with Crippen LogP contribution in [0, 0.1) is 0 Å². The third-order valence-electron chi connectivity index (χ3n) is 4.64. The van der Waals surface area contributed by atoms with Crippen molar-refractivity contribution in [3.8, 4) is 0 Å². The van der Waals surface area contributed by atoms with E-state index in [2.05, 4.69) is 36.2 Å². The van der Waals surface area contributed by atoms with E-state index in [9.17, 15) is 0 Å². The highest BCUT2D eigenvalue weighted by atomic mass is 16.5. The first-order chi connectivity index (χ1) is 10.2. The molecule has 2 fully saturated rings. The first-order valence-electron chi connectivity index (χ1n) is 8.22. The molecule has 2 unspecified atom stereocenters. The minimum atomic E-state index is 0.413. The molecule has 1 aromatic rings. The molecule has 1 aliphatic carbocycles. The van der Waals surface area contributed by atoms with Crippen LogP contribution >= 0.6 is 0 Å². The smallest absolute Gasteiger partial charge is 0.129 e. The molecule has 1 saturated heterocycles. The zero-order valence-electron chi connectivity index (χ0n) is 13.4. The highest BCUT2D eigenvalue weighted by Gasteiger charge is 2.36. The molecular weight excluding hydrogens is 262 g/mol. The van der Waals surface area contributed by atoms with Crippen molar-refractivity contribution < 1.29 is 4.74 Å². The molecule has 1 saturated carbocycles. The second-order valence-electron chi connectivity index (χ2n) is 6.54. The number of pyridine rings is 1. The maximum Gasteiger partial charge on any atom is 0.129 e. The summed E-state index contributed by atoms with van der Waals surface area (Å²) in [7, 11) is 2.00. The van der Waals surface area contributed by atoms with Crippen molar-refractivity contribution in [2.45, 2.75) is 57.7 Å². The van der Waals surface area contributed by atoms with Gasteiger partial charge in [-0.25, -0.2) is 4.98 Å². The van der Waals surface area contributed by atoms with Gasteiger partial charge in [0.25, 0.3) is 0 Å². The minimum Gasteiger partial charge on any atom is -0.374 e. The number of aromatic nitrogens is 1. The molecule has 0 radical (unpaired) electrons. The Labute approximate surface area is 127 Å². The number of ether oxygens (including phenoxy) is 1. The van der Waals surface area contributed by atoms with Crippen LogP contribution in [0.1, 0.15) is 50.3 Å². The molecule has 1 aliphatic heterocycles. The number of nitrogens with zero attached hydrogens (tertiary/aromatic N) is 2. The summed E-state index contributed by atoms with van der Waals surface area (Å²) in [5.74, 6) is 1.60. The van der Waals surface area contributed by atoms with Gasteiger partial charge < -0.3 is 15.0 Å². The Kier molecular flexibility index (Phi) is 4.45. The quantitative estimate of drug-likeness (QED) is 0.925. The second kappa shape index (κ2) is 6.32. The van der Waals surface area contributed by atoms with E-state index in [0.29, 0.717) is 18.1 Å². The van der Waals surface area contributed by atoms with E-state index in [4.69, 9.17) is 9.72 Å². The fraction of sp³-hybridized carbons (Fsp3) is 0.706. The average molecular weight is 289 g/mol. The maximum atomic E-state index is 5.93. The van der Waals surface area contributed by atoms with Gasteiger partial charge in [0.1, 0.15) is 5.82 Å². The molecule has 2 aliphatic rings. The SMILES string of the molecule is CNCc1cc(C(C)C)nc(N2CCOC3CCCC32)c1. The van der Waals surface area contributed by atoms with Crippen molar-refractivity contribution in [2.75, 3.05) is 25.1 Å². The molecule has 4 nitrogen and oxygen atoms in total. The molecule has 116 valence electrons. The minimum absolute atomic E-state index is 0.413. The monoisotopic (exact) mass is 289 g/mol. The first kappa shape index (κ1) is 14.8. The summed E-state index contributed by atoms with van der Waals surface area (Å²) in [6, 6.07) is 5.01. The molecule has 2 atom stereocenters. The summed E-state index contributed by atoms with van der Waals surface area (Å²) in [4.78, 5) is 7.43. The Morgan fingerprint density at radius 2 is 2.24 bits per heavy atom. The Morgan fingerprint density at radius 1 is 1.38 bits per heavy atom. The largest absolute Gasteiger partial charge is 0.374 e. The number of fused-ring (bicyclic) bond motifs is 1. The highest BCUT2D eigenvalue weighted by molar-refractivity contribution is 5.45. The van der Waals surface area contributed by atoms with Crippen molar-refractivity contribution in [3.05, 3.63) is 23.4 Å². The molecule has 21 heavy (non-hydrogen) atoms. The molecule has 0 aromatic carbocycles. The zero-order chi connectivity index (χ0) is 14.8. The predicted octanol–water partition coefficient (Wildman–Crippen LogP) is 2.68. The van der Waals surface area contributed by atoms with E-state index in [1.807, 2.05) is 7.05 Å². The van der Waals surface area contributed by atoms with E-state index in [-0.39, 0.29) is 0 Å². The van der Waals surface area contributed by atoms with Gasteiger partial charge in [-0.1, -0.05) is 13.8 Å². The number of rotatable bonds is 4. The topological polar surface area (TPSA) is 37.4 Å². The van der Waals surface area contributed by atoms with E-state index < -0.39 is 0 Å². The van der Waals surface area contributed by atoms with Crippen LogP contribution in [0.4, 0.5) is 5.82 Å². The van der Waals surface area contributed by atoms with Gasteiger partial charge in [0.15, 0.2) is 0 Å². The van der Waals surface area contributed by atoms with Gasteiger partial charge in [-0.15, -0.1) is 0 Å². The van der Waals surface area contributed by atoms with Crippen molar-refractivity contribution >= 4 is 5.82 Å². The van der Waals surface area contributed by atoms with E-state index >= 15 is 0 Å². The summed E-state index contributed by atoms with van der Waals surface area (Å²) >= 11 is 0. The summed E-state index contributed by atoms with van der Waals surface area (Å²) < 4.78 is 5.93. The average Bonchev–Trinajstić information content (AvgIpc) is 2.95. The molecule has 1 aromatic heterocycles. The van der Waals surface area contributed by atoms with Gasteiger partial charge in [-0.2, -0.15) is 0 Å². The van der Waals surface area contributed by atoms with Gasteiger partial charge in [0.2, 0.25) is 0 Å². The molecule has 0 spiro atoms. The summed E-state index contributed by atoms with van der Waals surface area (Å²) in [5, 5.41) is 3.26. The van der Waals surface area contributed by atoms with E-state index in [1.165, 1.54) is 30.5 Å². The lowest BCUT2D eigenvalue weighted by atomic mass is 10.1. The van der Waals surface area contributed by atoms with Crippen LogP contribution in [-0.2, 0) is 11.3 Å². The Balaban J connectivity index is 1.92.